The topological polar surface area (TPSA) is 43.7 Å². The minimum absolute atomic E-state index is 0.00551. The largest absolute Gasteiger partial charge is 0.392 e. The van der Waals surface area contributed by atoms with Crippen molar-refractivity contribution in [2.75, 3.05) is 19.7 Å². The summed E-state index contributed by atoms with van der Waals surface area (Å²) in [6.07, 6.45) is 6.12. The maximum atomic E-state index is 10.2. The minimum atomic E-state index is -0.454. The molecule has 1 aliphatic carbocycles. The predicted molar refractivity (Wildman–Crippen MR) is 61.7 cm³/mol. The van der Waals surface area contributed by atoms with Gasteiger partial charge in [-0.25, -0.2) is 0 Å². The van der Waals surface area contributed by atoms with E-state index < -0.39 is 6.10 Å². The molecule has 2 atom stereocenters. The molecule has 1 saturated heterocycles. The minimum Gasteiger partial charge on any atom is -0.392 e. The van der Waals surface area contributed by atoms with E-state index in [1.54, 1.807) is 0 Å². The summed E-state index contributed by atoms with van der Waals surface area (Å²) < 4.78 is 0. The van der Waals surface area contributed by atoms with Crippen LogP contribution in [0.1, 0.15) is 25.7 Å². The van der Waals surface area contributed by atoms with Crippen LogP contribution < -0.4 is 0 Å². The van der Waals surface area contributed by atoms with Crippen molar-refractivity contribution in [1.29, 1.82) is 0 Å². The fourth-order valence-corrected chi connectivity index (χ4v) is 3.42. The van der Waals surface area contributed by atoms with E-state index in [9.17, 15) is 10.2 Å². The molecular weight excluding hydrogens is 202 g/mol. The van der Waals surface area contributed by atoms with Crippen molar-refractivity contribution in [3.63, 3.8) is 0 Å². The number of nitrogens with zero attached hydrogens (tertiary/aromatic N) is 1. The van der Waals surface area contributed by atoms with Crippen LogP contribution in [0.2, 0.25) is 0 Å². The molecule has 16 heavy (non-hydrogen) atoms. The third kappa shape index (κ3) is 1.42. The standard InChI is InChI=1S/C13H19NO2/c15-8-10-7-9-3-1-5-14-6-2-4-11(12(9)14)13(10)16/h7,11,13,15-16H,1-6,8H2. The lowest BCUT2D eigenvalue weighted by Gasteiger charge is -2.45. The van der Waals surface area contributed by atoms with E-state index in [2.05, 4.69) is 4.90 Å². The normalized spacial score (nSPS) is 33.6. The second-order valence-electron chi connectivity index (χ2n) is 5.07. The monoisotopic (exact) mass is 221 g/mol. The molecule has 0 amide bonds. The second-order valence-corrected chi connectivity index (χ2v) is 5.07. The molecule has 0 aromatic rings. The molecular formula is C13H19NO2. The Morgan fingerprint density at radius 3 is 2.94 bits per heavy atom. The van der Waals surface area contributed by atoms with E-state index in [0.717, 1.165) is 37.9 Å². The van der Waals surface area contributed by atoms with Crippen molar-refractivity contribution in [2.45, 2.75) is 31.8 Å². The molecule has 0 spiro atoms. The van der Waals surface area contributed by atoms with Gasteiger partial charge in [-0.05, 0) is 36.8 Å². The number of aliphatic hydroxyl groups excluding tert-OH is 2. The van der Waals surface area contributed by atoms with E-state index >= 15 is 0 Å². The first-order chi connectivity index (χ1) is 7.81. The van der Waals surface area contributed by atoms with Crippen molar-refractivity contribution in [2.24, 2.45) is 5.92 Å². The number of hydrogen-bond acceptors (Lipinski definition) is 3. The van der Waals surface area contributed by atoms with Crippen molar-refractivity contribution < 1.29 is 10.2 Å². The predicted octanol–water partition coefficient (Wildman–Crippen LogP) is 1.04. The highest BCUT2D eigenvalue weighted by molar-refractivity contribution is 5.39. The fourth-order valence-electron chi connectivity index (χ4n) is 3.42. The SMILES string of the molecule is OCC1=CC2=C3C(CCCN3CCC2)C1O. The lowest BCUT2D eigenvalue weighted by molar-refractivity contribution is 0.0900. The van der Waals surface area contributed by atoms with Gasteiger partial charge in [-0.2, -0.15) is 0 Å². The Balaban J connectivity index is 2.04. The summed E-state index contributed by atoms with van der Waals surface area (Å²) >= 11 is 0. The number of allylic oxidation sites excluding steroid dienone is 2. The molecule has 88 valence electrons. The third-order valence-corrected chi connectivity index (χ3v) is 4.14. The maximum absolute atomic E-state index is 10.2. The Labute approximate surface area is 96.1 Å². The van der Waals surface area contributed by atoms with Gasteiger partial charge in [-0.3, -0.25) is 0 Å². The first-order valence-corrected chi connectivity index (χ1v) is 6.28. The smallest absolute Gasteiger partial charge is 0.0858 e. The van der Waals surface area contributed by atoms with E-state index in [0.29, 0.717) is 0 Å². The third-order valence-electron chi connectivity index (χ3n) is 4.14. The van der Waals surface area contributed by atoms with Gasteiger partial charge in [0.25, 0.3) is 0 Å². The van der Waals surface area contributed by atoms with Crippen LogP contribution in [0.3, 0.4) is 0 Å². The van der Waals surface area contributed by atoms with Crippen LogP contribution in [0.4, 0.5) is 0 Å². The molecule has 0 bridgehead atoms. The van der Waals surface area contributed by atoms with Crippen LogP contribution in [0, 0.1) is 5.92 Å². The molecule has 2 N–H and O–H groups in total. The Morgan fingerprint density at radius 1 is 1.31 bits per heavy atom. The van der Waals surface area contributed by atoms with Gasteiger partial charge < -0.3 is 15.1 Å². The van der Waals surface area contributed by atoms with Crippen molar-refractivity contribution in [1.82, 2.24) is 4.90 Å². The van der Waals surface area contributed by atoms with E-state index in [4.69, 9.17) is 0 Å². The molecule has 0 saturated carbocycles. The van der Waals surface area contributed by atoms with Crippen LogP contribution in [0.5, 0.6) is 0 Å². The molecule has 3 heteroatoms. The van der Waals surface area contributed by atoms with Gasteiger partial charge in [0, 0.05) is 24.7 Å². The average Bonchev–Trinajstić information content (AvgIpc) is 2.33. The summed E-state index contributed by atoms with van der Waals surface area (Å²) in [5.41, 5.74) is 3.56. The van der Waals surface area contributed by atoms with Crippen molar-refractivity contribution >= 4 is 0 Å². The molecule has 1 fully saturated rings. The second kappa shape index (κ2) is 3.90. The van der Waals surface area contributed by atoms with Gasteiger partial charge in [0.15, 0.2) is 0 Å². The molecule has 0 radical (unpaired) electrons. The van der Waals surface area contributed by atoms with Gasteiger partial charge in [0.05, 0.1) is 12.7 Å². The molecule has 2 aliphatic heterocycles. The number of hydrogen-bond donors (Lipinski definition) is 2. The summed E-state index contributed by atoms with van der Waals surface area (Å²) in [5.74, 6) is 0.246. The lowest BCUT2D eigenvalue weighted by Crippen LogP contribution is -2.44. The van der Waals surface area contributed by atoms with Gasteiger partial charge in [-0.1, -0.05) is 6.08 Å². The van der Waals surface area contributed by atoms with Crippen LogP contribution in [-0.2, 0) is 0 Å². The Kier molecular flexibility index (Phi) is 2.52. The zero-order chi connectivity index (χ0) is 11.1. The first kappa shape index (κ1) is 10.4. The van der Waals surface area contributed by atoms with Crippen molar-refractivity contribution in [3.8, 4) is 0 Å². The average molecular weight is 221 g/mol. The maximum Gasteiger partial charge on any atom is 0.0858 e. The number of piperidine rings is 1. The van der Waals surface area contributed by atoms with Crippen LogP contribution in [0.15, 0.2) is 22.9 Å². The highest BCUT2D eigenvalue weighted by Crippen LogP contribution is 2.41. The van der Waals surface area contributed by atoms with E-state index in [-0.39, 0.29) is 12.5 Å². The van der Waals surface area contributed by atoms with Crippen molar-refractivity contribution in [3.05, 3.63) is 22.9 Å². The van der Waals surface area contributed by atoms with Crippen LogP contribution in [-0.4, -0.2) is 40.9 Å². The zero-order valence-corrected chi connectivity index (χ0v) is 9.52. The summed E-state index contributed by atoms with van der Waals surface area (Å²) in [6.45, 7) is 2.28. The Morgan fingerprint density at radius 2 is 2.12 bits per heavy atom. The molecule has 0 aromatic carbocycles. The molecule has 2 unspecified atom stereocenters. The summed E-state index contributed by atoms with van der Waals surface area (Å²) in [6, 6.07) is 0. The van der Waals surface area contributed by atoms with Gasteiger partial charge >= 0.3 is 0 Å². The number of rotatable bonds is 1. The van der Waals surface area contributed by atoms with Gasteiger partial charge in [0.2, 0.25) is 0 Å². The lowest BCUT2D eigenvalue weighted by atomic mass is 9.76. The van der Waals surface area contributed by atoms with Crippen LogP contribution in [0.25, 0.3) is 0 Å². The van der Waals surface area contributed by atoms with Crippen LogP contribution >= 0.6 is 0 Å². The molecule has 0 aromatic heterocycles. The fraction of sp³-hybridized carbons (Fsp3) is 0.692. The number of aliphatic hydroxyl groups is 2. The summed E-state index contributed by atoms with van der Waals surface area (Å²) in [7, 11) is 0. The highest BCUT2D eigenvalue weighted by atomic mass is 16.3. The molecule has 3 nitrogen and oxygen atoms in total. The van der Waals surface area contributed by atoms with E-state index in [1.165, 1.54) is 17.7 Å². The Bertz CT molecular complexity index is 359. The molecule has 3 rings (SSSR count). The van der Waals surface area contributed by atoms with Gasteiger partial charge in [-0.15, -0.1) is 0 Å². The Hall–Kier alpha value is -0.800. The molecule has 2 heterocycles. The molecule has 3 aliphatic rings. The highest BCUT2D eigenvalue weighted by Gasteiger charge is 2.37. The zero-order valence-electron chi connectivity index (χ0n) is 9.52. The first-order valence-electron chi connectivity index (χ1n) is 6.28. The summed E-state index contributed by atoms with van der Waals surface area (Å²) in [5, 5.41) is 19.5. The summed E-state index contributed by atoms with van der Waals surface area (Å²) in [4.78, 5) is 2.45. The van der Waals surface area contributed by atoms with E-state index in [1.807, 2.05) is 6.08 Å². The van der Waals surface area contributed by atoms with Gasteiger partial charge in [0.1, 0.15) is 0 Å². The quantitative estimate of drug-likeness (QED) is 0.695.